The van der Waals surface area contributed by atoms with E-state index in [1.807, 2.05) is 0 Å². The van der Waals surface area contributed by atoms with Crippen molar-refractivity contribution in [1.82, 2.24) is 10.6 Å². The van der Waals surface area contributed by atoms with Gasteiger partial charge in [-0.3, -0.25) is 9.59 Å². The van der Waals surface area contributed by atoms with Crippen molar-refractivity contribution in [1.29, 1.82) is 0 Å². The molecule has 1 aliphatic carbocycles. The van der Waals surface area contributed by atoms with Crippen LogP contribution >= 0.6 is 15.9 Å². The normalized spacial score (nSPS) is 14.3. The van der Waals surface area contributed by atoms with Gasteiger partial charge < -0.3 is 15.1 Å². The van der Waals surface area contributed by atoms with Crippen LogP contribution in [0.3, 0.4) is 0 Å². The summed E-state index contributed by atoms with van der Waals surface area (Å²) in [6.45, 7) is 0. The van der Waals surface area contributed by atoms with Gasteiger partial charge in [-0.2, -0.15) is 0 Å². The second-order valence-corrected chi connectivity index (χ2v) is 5.67. The lowest BCUT2D eigenvalue weighted by molar-refractivity contribution is 0.0951. The van der Waals surface area contributed by atoms with Crippen LogP contribution in [-0.4, -0.2) is 24.9 Å². The van der Waals surface area contributed by atoms with Crippen LogP contribution in [0.15, 0.2) is 27.3 Å². The number of fused-ring (bicyclic) bond motifs is 1. The van der Waals surface area contributed by atoms with Crippen LogP contribution in [0.1, 0.15) is 33.6 Å². The van der Waals surface area contributed by atoms with Gasteiger partial charge in [-0.25, -0.2) is 0 Å². The first-order chi connectivity index (χ1) is 9.60. The van der Waals surface area contributed by atoms with Crippen LogP contribution in [0.4, 0.5) is 0 Å². The van der Waals surface area contributed by atoms with E-state index in [-0.39, 0.29) is 17.9 Å². The minimum Gasteiger partial charge on any atom is -0.462 e. The Morgan fingerprint density at radius 2 is 2.05 bits per heavy atom. The van der Waals surface area contributed by atoms with Gasteiger partial charge in [-0.1, -0.05) is 0 Å². The first kappa shape index (κ1) is 13.2. The third kappa shape index (κ3) is 2.31. The fraction of sp³-hybridized carbons (Fsp3) is 0.286. The molecule has 3 rings (SSSR count). The molecule has 2 amide bonds. The molecule has 104 valence electrons. The summed E-state index contributed by atoms with van der Waals surface area (Å²) in [5, 5.41) is 6.18. The number of halogens is 1. The smallest absolute Gasteiger partial charge is 0.254 e. The van der Waals surface area contributed by atoms with Crippen molar-refractivity contribution < 1.29 is 14.0 Å². The van der Waals surface area contributed by atoms with Crippen molar-refractivity contribution >= 4 is 38.7 Å². The topological polar surface area (TPSA) is 71.3 Å². The predicted octanol–water partition coefficient (Wildman–Crippen LogP) is 2.45. The highest BCUT2D eigenvalue weighted by Crippen LogP contribution is 2.30. The number of nitrogens with one attached hydrogen (secondary N) is 2. The van der Waals surface area contributed by atoms with Gasteiger partial charge in [0.1, 0.15) is 11.8 Å². The quantitative estimate of drug-likeness (QED) is 0.904. The van der Waals surface area contributed by atoms with E-state index in [0.717, 1.165) is 17.3 Å². The maximum absolute atomic E-state index is 12.1. The SMILES string of the molecule is CNC(=O)c1cc(C(=O)NC2CC2)cc2c(Br)coc12. The van der Waals surface area contributed by atoms with Gasteiger partial charge in [0.15, 0.2) is 0 Å². The molecule has 2 N–H and O–H groups in total. The third-order valence-electron chi connectivity index (χ3n) is 3.27. The maximum atomic E-state index is 12.1. The Kier molecular flexibility index (Phi) is 3.25. The molecule has 6 heteroatoms. The van der Waals surface area contributed by atoms with Crippen LogP contribution in [0.2, 0.25) is 0 Å². The van der Waals surface area contributed by atoms with E-state index in [0.29, 0.717) is 22.1 Å². The second-order valence-electron chi connectivity index (χ2n) is 4.81. The van der Waals surface area contributed by atoms with Gasteiger partial charge in [0, 0.05) is 24.0 Å². The highest BCUT2D eigenvalue weighted by atomic mass is 79.9. The summed E-state index contributed by atoms with van der Waals surface area (Å²) in [6, 6.07) is 3.57. The Morgan fingerprint density at radius 1 is 1.30 bits per heavy atom. The Labute approximate surface area is 123 Å². The Balaban J connectivity index is 2.10. The number of hydrogen-bond acceptors (Lipinski definition) is 3. The van der Waals surface area contributed by atoms with Crippen LogP contribution in [0.25, 0.3) is 11.0 Å². The predicted molar refractivity (Wildman–Crippen MR) is 77.8 cm³/mol. The zero-order valence-corrected chi connectivity index (χ0v) is 12.4. The van der Waals surface area contributed by atoms with Gasteiger partial charge >= 0.3 is 0 Å². The molecule has 1 fully saturated rings. The molecule has 1 heterocycles. The average Bonchev–Trinajstić information content (AvgIpc) is 3.19. The van der Waals surface area contributed by atoms with E-state index in [1.165, 1.54) is 6.26 Å². The van der Waals surface area contributed by atoms with Gasteiger partial charge in [0.2, 0.25) is 0 Å². The minimum atomic E-state index is -0.280. The molecule has 1 aliphatic rings. The highest BCUT2D eigenvalue weighted by molar-refractivity contribution is 9.10. The molecule has 0 saturated heterocycles. The van der Waals surface area contributed by atoms with E-state index < -0.39 is 0 Å². The minimum absolute atomic E-state index is 0.160. The molecule has 0 spiro atoms. The largest absolute Gasteiger partial charge is 0.462 e. The molecule has 0 bridgehead atoms. The Hall–Kier alpha value is -1.82. The highest BCUT2D eigenvalue weighted by Gasteiger charge is 2.25. The molecule has 1 saturated carbocycles. The average molecular weight is 337 g/mol. The summed E-state index contributed by atoms with van der Waals surface area (Å²) in [6.07, 6.45) is 3.55. The number of rotatable bonds is 3. The zero-order valence-electron chi connectivity index (χ0n) is 10.8. The summed E-state index contributed by atoms with van der Waals surface area (Å²) in [7, 11) is 1.54. The van der Waals surface area contributed by atoms with E-state index in [4.69, 9.17) is 4.42 Å². The van der Waals surface area contributed by atoms with E-state index in [1.54, 1.807) is 19.2 Å². The number of benzene rings is 1. The lowest BCUT2D eigenvalue weighted by Crippen LogP contribution is -2.26. The van der Waals surface area contributed by atoms with Crippen molar-refractivity contribution in [3.05, 3.63) is 34.0 Å². The summed E-state index contributed by atoms with van der Waals surface area (Å²) < 4.78 is 6.11. The monoisotopic (exact) mass is 336 g/mol. The molecular formula is C14H13BrN2O3. The van der Waals surface area contributed by atoms with Crippen molar-refractivity contribution in [2.75, 3.05) is 7.05 Å². The number of carbonyl (C=O) groups excluding carboxylic acids is 2. The molecule has 5 nitrogen and oxygen atoms in total. The first-order valence-electron chi connectivity index (χ1n) is 6.34. The molecule has 0 atom stereocenters. The second kappa shape index (κ2) is 4.94. The van der Waals surface area contributed by atoms with Gasteiger partial charge in [-0.15, -0.1) is 0 Å². The maximum Gasteiger partial charge on any atom is 0.254 e. The van der Waals surface area contributed by atoms with Crippen molar-refractivity contribution in [2.45, 2.75) is 18.9 Å². The van der Waals surface area contributed by atoms with E-state index >= 15 is 0 Å². The van der Waals surface area contributed by atoms with Crippen LogP contribution in [-0.2, 0) is 0 Å². The molecule has 1 aromatic carbocycles. The van der Waals surface area contributed by atoms with Gasteiger partial charge in [0.05, 0.1) is 10.0 Å². The van der Waals surface area contributed by atoms with Gasteiger partial charge in [-0.05, 0) is 40.9 Å². The van der Waals surface area contributed by atoms with Crippen molar-refractivity contribution in [3.8, 4) is 0 Å². The lowest BCUT2D eigenvalue weighted by Gasteiger charge is -2.07. The van der Waals surface area contributed by atoms with E-state index in [9.17, 15) is 9.59 Å². The molecule has 0 aliphatic heterocycles. The molecule has 1 aromatic heterocycles. The summed E-state index contributed by atoms with van der Waals surface area (Å²) in [4.78, 5) is 24.1. The molecule has 0 unspecified atom stereocenters. The molecule has 2 aromatic rings. The first-order valence-corrected chi connectivity index (χ1v) is 7.13. The number of amides is 2. The molecular weight excluding hydrogens is 324 g/mol. The number of furan rings is 1. The standard InChI is InChI=1S/C14H13BrN2O3/c1-16-14(19)10-5-7(13(18)17-8-2-3-8)4-9-11(15)6-20-12(9)10/h4-6,8H,2-3H2,1H3,(H,16,19)(H,17,18). The molecule has 0 radical (unpaired) electrons. The number of carbonyl (C=O) groups is 2. The summed E-state index contributed by atoms with van der Waals surface area (Å²) in [5.74, 6) is -0.439. The summed E-state index contributed by atoms with van der Waals surface area (Å²) >= 11 is 3.36. The van der Waals surface area contributed by atoms with Crippen LogP contribution < -0.4 is 10.6 Å². The Morgan fingerprint density at radius 3 is 2.70 bits per heavy atom. The van der Waals surface area contributed by atoms with Crippen molar-refractivity contribution in [2.24, 2.45) is 0 Å². The Bertz CT molecular complexity index is 704. The van der Waals surface area contributed by atoms with Crippen LogP contribution in [0, 0.1) is 0 Å². The van der Waals surface area contributed by atoms with Crippen LogP contribution in [0.5, 0.6) is 0 Å². The number of hydrogen-bond donors (Lipinski definition) is 2. The van der Waals surface area contributed by atoms with Gasteiger partial charge in [0.25, 0.3) is 11.8 Å². The van der Waals surface area contributed by atoms with Crippen molar-refractivity contribution in [3.63, 3.8) is 0 Å². The fourth-order valence-corrected chi connectivity index (χ4v) is 2.43. The van der Waals surface area contributed by atoms with E-state index in [2.05, 4.69) is 26.6 Å². The third-order valence-corrected chi connectivity index (χ3v) is 3.89. The lowest BCUT2D eigenvalue weighted by atomic mass is 10.1. The molecule has 20 heavy (non-hydrogen) atoms. The fourth-order valence-electron chi connectivity index (χ4n) is 2.04. The summed E-state index contributed by atoms with van der Waals surface area (Å²) in [5.41, 5.74) is 1.29. The zero-order chi connectivity index (χ0) is 14.3.